The number of nitrogen functional groups attached to an aromatic ring is 2. The molecule has 1 aliphatic heterocycles. The summed E-state index contributed by atoms with van der Waals surface area (Å²) in [5.41, 5.74) is 11.7. The van der Waals surface area contributed by atoms with E-state index in [-0.39, 0.29) is 40.2 Å². The molecule has 2 aromatic rings. The van der Waals surface area contributed by atoms with Crippen LogP contribution in [0.3, 0.4) is 0 Å². The SMILES string of the molecule is Nc1nc(N)c(C(=O)NC2=NC[C@H](CCCNS(=O)(=O)Cc3ccccc3)N2)nc1Cl. The van der Waals surface area contributed by atoms with Gasteiger partial charge in [-0.25, -0.2) is 23.1 Å². The van der Waals surface area contributed by atoms with Crippen molar-refractivity contribution in [1.82, 2.24) is 25.3 Å². The van der Waals surface area contributed by atoms with Gasteiger partial charge in [0.05, 0.1) is 12.3 Å². The number of hydrogen-bond donors (Lipinski definition) is 5. The summed E-state index contributed by atoms with van der Waals surface area (Å²) in [6, 6.07) is 8.95. The van der Waals surface area contributed by atoms with E-state index in [0.29, 0.717) is 25.9 Å². The summed E-state index contributed by atoms with van der Waals surface area (Å²) in [6.07, 6.45) is 1.26. The normalized spacial score (nSPS) is 15.9. The Kier molecular flexibility index (Phi) is 7.25. The Labute approximate surface area is 184 Å². The van der Waals surface area contributed by atoms with Crippen LogP contribution in [0.4, 0.5) is 11.6 Å². The fourth-order valence-electron chi connectivity index (χ4n) is 2.92. The van der Waals surface area contributed by atoms with Gasteiger partial charge >= 0.3 is 0 Å². The van der Waals surface area contributed by atoms with Crippen molar-refractivity contribution in [2.75, 3.05) is 24.6 Å². The summed E-state index contributed by atoms with van der Waals surface area (Å²) < 4.78 is 26.9. The maximum absolute atomic E-state index is 12.3. The number of hydrogen-bond acceptors (Lipinski definition) is 9. The van der Waals surface area contributed by atoms with Crippen molar-refractivity contribution < 1.29 is 13.2 Å². The predicted molar refractivity (Wildman–Crippen MR) is 119 cm³/mol. The van der Waals surface area contributed by atoms with Gasteiger partial charge in [-0.15, -0.1) is 0 Å². The molecule has 0 spiro atoms. The van der Waals surface area contributed by atoms with Crippen LogP contribution in [0, 0.1) is 0 Å². The summed E-state index contributed by atoms with van der Waals surface area (Å²) in [5, 5.41) is 5.51. The number of sulfonamides is 1. The zero-order valence-corrected chi connectivity index (χ0v) is 18.1. The summed E-state index contributed by atoms with van der Waals surface area (Å²) in [4.78, 5) is 24.1. The quantitative estimate of drug-likeness (QED) is 0.343. The largest absolute Gasteiger partial charge is 0.382 e. The Morgan fingerprint density at radius 3 is 2.68 bits per heavy atom. The lowest BCUT2D eigenvalue weighted by Crippen LogP contribution is -2.42. The Bertz CT molecular complexity index is 1080. The van der Waals surface area contributed by atoms with Crippen molar-refractivity contribution in [2.24, 2.45) is 4.99 Å². The van der Waals surface area contributed by atoms with Crippen LogP contribution >= 0.6 is 11.6 Å². The van der Waals surface area contributed by atoms with Gasteiger partial charge in [0.2, 0.25) is 10.0 Å². The molecule has 0 aliphatic carbocycles. The molecule has 1 aromatic heterocycles. The molecule has 0 fully saturated rings. The molecule has 166 valence electrons. The van der Waals surface area contributed by atoms with Crippen molar-refractivity contribution in [1.29, 1.82) is 0 Å². The number of benzene rings is 1. The van der Waals surface area contributed by atoms with E-state index in [0.717, 1.165) is 5.56 Å². The molecule has 1 aromatic carbocycles. The van der Waals surface area contributed by atoms with Crippen LogP contribution in [0.15, 0.2) is 35.3 Å². The summed E-state index contributed by atoms with van der Waals surface area (Å²) in [7, 11) is -3.40. The molecule has 0 saturated carbocycles. The Hall–Kier alpha value is -2.96. The van der Waals surface area contributed by atoms with Gasteiger partial charge in [-0.05, 0) is 18.4 Å². The molecular weight excluding hydrogens is 444 g/mol. The molecule has 3 rings (SSSR count). The van der Waals surface area contributed by atoms with Gasteiger partial charge in [0.15, 0.2) is 28.4 Å². The number of aromatic nitrogens is 2. The fourth-order valence-corrected chi connectivity index (χ4v) is 4.24. The van der Waals surface area contributed by atoms with Gasteiger partial charge in [-0.2, -0.15) is 0 Å². The average Bonchev–Trinajstić information content (AvgIpc) is 3.15. The second kappa shape index (κ2) is 9.90. The molecule has 1 aliphatic rings. The molecular formula is C18H23ClN8O3S. The number of guanidine groups is 1. The van der Waals surface area contributed by atoms with Crippen LogP contribution in [0.25, 0.3) is 0 Å². The van der Waals surface area contributed by atoms with Crippen LogP contribution in [0.1, 0.15) is 28.9 Å². The zero-order chi connectivity index (χ0) is 22.4. The molecule has 0 saturated heterocycles. The molecule has 7 N–H and O–H groups in total. The van der Waals surface area contributed by atoms with E-state index in [9.17, 15) is 13.2 Å². The minimum Gasteiger partial charge on any atom is -0.382 e. The molecule has 1 amide bonds. The molecule has 0 bridgehead atoms. The van der Waals surface area contributed by atoms with Crippen LogP contribution in [-0.2, 0) is 15.8 Å². The topological polar surface area (TPSA) is 177 Å². The van der Waals surface area contributed by atoms with Crippen molar-refractivity contribution >= 4 is 45.1 Å². The number of nitrogens with one attached hydrogen (secondary N) is 3. The third kappa shape index (κ3) is 6.51. The van der Waals surface area contributed by atoms with Crippen molar-refractivity contribution in [2.45, 2.75) is 24.6 Å². The number of rotatable bonds is 8. The fraction of sp³-hybridized carbons (Fsp3) is 0.333. The summed E-state index contributed by atoms with van der Waals surface area (Å²) in [5.74, 6) is -0.610. The van der Waals surface area contributed by atoms with E-state index >= 15 is 0 Å². The molecule has 0 radical (unpaired) electrons. The molecule has 0 unspecified atom stereocenters. The Morgan fingerprint density at radius 2 is 1.94 bits per heavy atom. The standard InChI is InChI=1S/C18H23ClN8O3S/c19-14-16(21)26-15(20)13(25-14)17(28)27-18-22-9-12(24-18)7-4-8-23-31(29,30)10-11-5-2-1-3-6-11/h1-3,5-6,12,23H,4,7-10H2,(H4,20,21,26)(H2,22,24,27,28)/t12-/m0/s1. The highest BCUT2D eigenvalue weighted by Gasteiger charge is 2.22. The van der Waals surface area contributed by atoms with E-state index in [1.165, 1.54) is 0 Å². The van der Waals surface area contributed by atoms with Crippen LogP contribution in [0.5, 0.6) is 0 Å². The molecule has 11 nitrogen and oxygen atoms in total. The van der Waals surface area contributed by atoms with Crippen LogP contribution in [-0.4, -0.2) is 49.4 Å². The maximum atomic E-state index is 12.3. The van der Waals surface area contributed by atoms with E-state index in [1.807, 2.05) is 6.07 Å². The highest BCUT2D eigenvalue weighted by molar-refractivity contribution is 7.88. The highest BCUT2D eigenvalue weighted by Crippen LogP contribution is 2.17. The number of aliphatic imine (C=N–C) groups is 1. The number of carbonyl (C=O) groups is 1. The van der Waals surface area contributed by atoms with Gasteiger partial charge in [-0.1, -0.05) is 41.9 Å². The lowest BCUT2D eigenvalue weighted by molar-refractivity contribution is 0.0972. The van der Waals surface area contributed by atoms with E-state index < -0.39 is 15.9 Å². The number of anilines is 2. The number of carbonyl (C=O) groups excluding carboxylic acids is 1. The van der Waals surface area contributed by atoms with Crippen molar-refractivity contribution in [3.63, 3.8) is 0 Å². The second-order valence-electron chi connectivity index (χ2n) is 6.90. The van der Waals surface area contributed by atoms with Gasteiger partial charge in [0, 0.05) is 12.6 Å². The third-order valence-electron chi connectivity index (χ3n) is 4.41. The summed E-state index contributed by atoms with van der Waals surface area (Å²) >= 11 is 5.79. The minimum atomic E-state index is -3.40. The van der Waals surface area contributed by atoms with Crippen LogP contribution < -0.4 is 26.8 Å². The number of nitrogens with zero attached hydrogens (tertiary/aromatic N) is 3. The zero-order valence-electron chi connectivity index (χ0n) is 16.5. The number of halogens is 1. The average molecular weight is 467 g/mol. The first-order valence-electron chi connectivity index (χ1n) is 9.45. The predicted octanol–water partition coefficient (Wildman–Crippen LogP) is 0.252. The Balaban J connectivity index is 1.40. The second-order valence-corrected chi connectivity index (χ2v) is 9.06. The highest BCUT2D eigenvalue weighted by atomic mass is 35.5. The van der Waals surface area contributed by atoms with E-state index in [1.54, 1.807) is 24.3 Å². The lowest BCUT2D eigenvalue weighted by atomic mass is 10.2. The minimum absolute atomic E-state index is 0.0348. The first-order valence-corrected chi connectivity index (χ1v) is 11.5. The summed E-state index contributed by atoms with van der Waals surface area (Å²) in [6.45, 7) is 0.751. The monoisotopic (exact) mass is 466 g/mol. The molecule has 1 atom stereocenters. The molecule has 13 heteroatoms. The van der Waals surface area contributed by atoms with Crippen molar-refractivity contribution in [3.8, 4) is 0 Å². The third-order valence-corrected chi connectivity index (χ3v) is 6.05. The first kappa shape index (κ1) is 22.7. The van der Waals surface area contributed by atoms with Crippen LogP contribution in [0.2, 0.25) is 5.15 Å². The first-order chi connectivity index (χ1) is 14.7. The van der Waals surface area contributed by atoms with Gasteiger partial charge < -0.3 is 16.8 Å². The van der Waals surface area contributed by atoms with Gasteiger partial charge in [-0.3, -0.25) is 15.1 Å². The van der Waals surface area contributed by atoms with Crippen molar-refractivity contribution in [3.05, 3.63) is 46.7 Å². The maximum Gasteiger partial charge on any atom is 0.280 e. The molecule has 2 heterocycles. The van der Waals surface area contributed by atoms with Gasteiger partial charge in [0.25, 0.3) is 5.91 Å². The lowest BCUT2D eigenvalue weighted by Gasteiger charge is -2.13. The number of nitrogens with two attached hydrogens (primary N) is 2. The Morgan fingerprint density at radius 1 is 1.19 bits per heavy atom. The smallest absolute Gasteiger partial charge is 0.280 e. The molecule has 31 heavy (non-hydrogen) atoms. The van der Waals surface area contributed by atoms with Gasteiger partial charge in [0.1, 0.15) is 0 Å². The number of amides is 1. The van der Waals surface area contributed by atoms with E-state index in [2.05, 4.69) is 30.3 Å². The van der Waals surface area contributed by atoms with E-state index in [4.69, 9.17) is 23.1 Å².